The van der Waals surface area contributed by atoms with Crippen LogP contribution in [0.5, 0.6) is 0 Å². The van der Waals surface area contributed by atoms with Crippen molar-refractivity contribution >= 4 is 5.91 Å². The highest BCUT2D eigenvalue weighted by atomic mass is 16.1. The molecule has 4 rings (SSSR count). The molecule has 8 heteroatoms. The maximum atomic E-state index is 13.2. The van der Waals surface area contributed by atoms with Crippen LogP contribution in [0.25, 0.3) is 16.8 Å². The standard InChI is InChI=1S/C25H29N7O/c1-15(2)24-29-30-31-32(24)22-12-20(19-8-6-16(3)7-9-19)11-21(13-22)25(33)28-17(4)10-23-26-14-18(5)27-23/h6-9,11-15,17H,10H2,1-5H3,(H,26,27)(H,28,33). The summed E-state index contributed by atoms with van der Waals surface area (Å²) in [4.78, 5) is 20.8. The quantitative estimate of drug-likeness (QED) is 0.447. The van der Waals surface area contributed by atoms with Crippen LogP contribution >= 0.6 is 0 Å². The number of benzene rings is 2. The van der Waals surface area contributed by atoms with Gasteiger partial charge >= 0.3 is 0 Å². The summed E-state index contributed by atoms with van der Waals surface area (Å²) >= 11 is 0. The lowest BCUT2D eigenvalue weighted by Gasteiger charge is -2.15. The molecule has 4 aromatic rings. The zero-order valence-corrected chi connectivity index (χ0v) is 19.6. The van der Waals surface area contributed by atoms with Crippen molar-refractivity contribution in [2.45, 2.75) is 53.0 Å². The smallest absolute Gasteiger partial charge is 0.251 e. The van der Waals surface area contributed by atoms with E-state index in [-0.39, 0.29) is 17.9 Å². The molecule has 0 aliphatic rings. The lowest BCUT2D eigenvalue weighted by molar-refractivity contribution is 0.0940. The van der Waals surface area contributed by atoms with E-state index in [1.807, 2.05) is 45.9 Å². The SMILES string of the molecule is Cc1ccc(-c2cc(C(=O)NC(C)Cc3ncc(C)[nH]3)cc(-n3nnnc3C(C)C)c2)cc1. The summed E-state index contributed by atoms with van der Waals surface area (Å²) in [7, 11) is 0. The highest BCUT2D eigenvalue weighted by Crippen LogP contribution is 2.26. The Hall–Kier alpha value is -3.81. The summed E-state index contributed by atoms with van der Waals surface area (Å²) in [5, 5.41) is 15.3. The topological polar surface area (TPSA) is 101 Å². The van der Waals surface area contributed by atoms with Crippen LogP contribution in [0, 0.1) is 13.8 Å². The van der Waals surface area contributed by atoms with Gasteiger partial charge in [0, 0.05) is 35.8 Å². The zero-order valence-electron chi connectivity index (χ0n) is 19.6. The molecular weight excluding hydrogens is 414 g/mol. The first-order valence-electron chi connectivity index (χ1n) is 11.1. The molecule has 0 saturated heterocycles. The van der Waals surface area contributed by atoms with Crippen LogP contribution < -0.4 is 5.32 Å². The minimum absolute atomic E-state index is 0.0891. The van der Waals surface area contributed by atoms with E-state index >= 15 is 0 Å². The van der Waals surface area contributed by atoms with E-state index in [0.717, 1.165) is 34.2 Å². The number of aromatic amines is 1. The molecule has 1 unspecified atom stereocenters. The number of amides is 1. The fraction of sp³-hybridized carbons (Fsp3) is 0.320. The van der Waals surface area contributed by atoms with Gasteiger partial charge in [-0.1, -0.05) is 43.7 Å². The second kappa shape index (κ2) is 9.36. The van der Waals surface area contributed by atoms with Crippen molar-refractivity contribution in [1.29, 1.82) is 0 Å². The van der Waals surface area contributed by atoms with Crippen LogP contribution in [0.15, 0.2) is 48.7 Å². The lowest BCUT2D eigenvalue weighted by atomic mass is 10.00. The molecule has 170 valence electrons. The molecule has 2 heterocycles. The van der Waals surface area contributed by atoms with E-state index in [0.29, 0.717) is 12.0 Å². The largest absolute Gasteiger partial charge is 0.349 e. The minimum atomic E-state index is -0.153. The Kier molecular flexibility index (Phi) is 6.35. The minimum Gasteiger partial charge on any atom is -0.349 e. The lowest BCUT2D eigenvalue weighted by Crippen LogP contribution is -2.34. The zero-order chi connectivity index (χ0) is 23.5. The summed E-state index contributed by atoms with van der Waals surface area (Å²) in [5.41, 5.74) is 5.43. The van der Waals surface area contributed by atoms with Crippen molar-refractivity contribution in [3.63, 3.8) is 0 Å². The third-order valence-corrected chi connectivity index (χ3v) is 5.45. The summed E-state index contributed by atoms with van der Waals surface area (Å²) in [5.74, 6) is 1.57. The number of nitrogens with zero attached hydrogens (tertiary/aromatic N) is 5. The summed E-state index contributed by atoms with van der Waals surface area (Å²) in [6.45, 7) is 10.1. The Morgan fingerprint density at radius 1 is 1.06 bits per heavy atom. The summed E-state index contributed by atoms with van der Waals surface area (Å²) in [6, 6.07) is 13.9. The third kappa shape index (κ3) is 5.16. The highest BCUT2D eigenvalue weighted by molar-refractivity contribution is 5.96. The van der Waals surface area contributed by atoms with E-state index in [1.54, 1.807) is 10.9 Å². The number of imidazole rings is 1. The summed E-state index contributed by atoms with van der Waals surface area (Å²) < 4.78 is 1.70. The number of carbonyl (C=O) groups is 1. The van der Waals surface area contributed by atoms with Gasteiger partial charge in [-0.25, -0.2) is 4.98 Å². The second-order valence-corrected chi connectivity index (χ2v) is 8.83. The van der Waals surface area contributed by atoms with Crippen molar-refractivity contribution < 1.29 is 4.79 Å². The van der Waals surface area contributed by atoms with Gasteiger partial charge in [-0.2, -0.15) is 4.68 Å². The molecule has 2 N–H and O–H groups in total. The Balaban J connectivity index is 1.68. The number of aromatic nitrogens is 6. The number of rotatable bonds is 7. The molecule has 0 bridgehead atoms. The molecule has 8 nitrogen and oxygen atoms in total. The van der Waals surface area contributed by atoms with Crippen molar-refractivity contribution in [3.8, 4) is 16.8 Å². The Morgan fingerprint density at radius 3 is 2.48 bits per heavy atom. The molecule has 2 aromatic carbocycles. The van der Waals surface area contributed by atoms with Crippen LogP contribution in [0.1, 0.15) is 60.0 Å². The van der Waals surface area contributed by atoms with E-state index < -0.39 is 0 Å². The van der Waals surface area contributed by atoms with Crippen LogP contribution in [0.4, 0.5) is 0 Å². The molecule has 0 radical (unpaired) electrons. The van der Waals surface area contributed by atoms with E-state index in [1.165, 1.54) is 5.56 Å². The predicted molar refractivity (Wildman–Crippen MR) is 127 cm³/mol. The molecule has 1 amide bonds. The molecule has 1 atom stereocenters. The Bertz CT molecular complexity index is 1250. The van der Waals surface area contributed by atoms with Gasteiger partial charge in [0.2, 0.25) is 0 Å². The molecule has 0 spiro atoms. The maximum absolute atomic E-state index is 13.2. The van der Waals surface area contributed by atoms with Gasteiger partial charge in [-0.3, -0.25) is 4.79 Å². The van der Waals surface area contributed by atoms with E-state index in [2.05, 4.69) is 62.0 Å². The number of nitrogens with one attached hydrogen (secondary N) is 2. The molecular formula is C25H29N7O. The van der Waals surface area contributed by atoms with E-state index in [9.17, 15) is 4.79 Å². The fourth-order valence-corrected chi connectivity index (χ4v) is 3.73. The molecule has 2 aromatic heterocycles. The van der Waals surface area contributed by atoms with E-state index in [4.69, 9.17) is 0 Å². The van der Waals surface area contributed by atoms with Crippen LogP contribution in [-0.4, -0.2) is 42.1 Å². The number of tetrazole rings is 1. The number of hydrogen-bond donors (Lipinski definition) is 2. The number of H-pyrrole nitrogens is 1. The average molecular weight is 444 g/mol. The van der Waals surface area contributed by atoms with Gasteiger partial charge in [0.25, 0.3) is 5.91 Å². The van der Waals surface area contributed by atoms with Crippen LogP contribution in [0.3, 0.4) is 0 Å². The predicted octanol–water partition coefficient (Wildman–Crippen LogP) is 4.15. The molecule has 0 aliphatic carbocycles. The first-order valence-corrected chi connectivity index (χ1v) is 11.1. The first kappa shape index (κ1) is 22.4. The Morgan fingerprint density at radius 2 is 1.82 bits per heavy atom. The van der Waals surface area contributed by atoms with Gasteiger partial charge in [-0.05, 0) is 60.5 Å². The third-order valence-electron chi connectivity index (χ3n) is 5.45. The monoisotopic (exact) mass is 443 g/mol. The second-order valence-electron chi connectivity index (χ2n) is 8.83. The fourth-order valence-electron chi connectivity index (χ4n) is 3.73. The van der Waals surface area contributed by atoms with Gasteiger partial charge in [0.15, 0.2) is 5.82 Å². The van der Waals surface area contributed by atoms with Crippen molar-refractivity contribution in [2.75, 3.05) is 0 Å². The molecule has 0 saturated carbocycles. The van der Waals surface area contributed by atoms with Gasteiger partial charge in [0.1, 0.15) is 5.82 Å². The first-order chi connectivity index (χ1) is 15.8. The average Bonchev–Trinajstić information content (AvgIpc) is 3.43. The summed E-state index contributed by atoms with van der Waals surface area (Å²) in [6.07, 6.45) is 2.41. The number of carbonyl (C=O) groups excluding carboxylic acids is 1. The highest BCUT2D eigenvalue weighted by Gasteiger charge is 2.18. The molecule has 33 heavy (non-hydrogen) atoms. The van der Waals surface area contributed by atoms with Crippen molar-refractivity contribution in [3.05, 3.63) is 77.1 Å². The maximum Gasteiger partial charge on any atom is 0.251 e. The molecule has 0 aliphatic heterocycles. The number of aryl methyl sites for hydroxylation is 2. The van der Waals surface area contributed by atoms with Crippen LogP contribution in [-0.2, 0) is 6.42 Å². The van der Waals surface area contributed by atoms with Crippen molar-refractivity contribution in [2.24, 2.45) is 0 Å². The Labute approximate surface area is 193 Å². The van der Waals surface area contributed by atoms with Gasteiger partial charge < -0.3 is 10.3 Å². The van der Waals surface area contributed by atoms with Crippen molar-refractivity contribution in [1.82, 2.24) is 35.5 Å². The normalized spacial score (nSPS) is 12.2. The van der Waals surface area contributed by atoms with Gasteiger partial charge in [-0.15, -0.1) is 5.10 Å². The molecule has 0 fully saturated rings. The number of hydrogen-bond acceptors (Lipinski definition) is 5. The van der Waals surface area contributed by atoms with Gasteiger partial charge in [0.05, 0.1) is 5.69 Å². The van der Waals surface area contributed by atoms with Crippen LogP contribution in [0.2, 0.25) is 0 Å².